The molecule has 0 spiro atoms. The Morgan fingerprint density at radius 1 is 1.32 bits per heavy atom. The molecule has 1 aliphatic rings. The number of carbonyl (C=O) groups excluding carboxylic acids is 1. The van der Waals surface area contributed by atoms with E-state index >= 15 is 0 Å². The molecule has 3 rings (SSSR count). The second-order valence-corrected chi connectivity index (χ2v) is 6.37. The summed E-state index contributed by atoms with van der Waals surface area (Å²) in [5.41, 5.74) is 2.15. The molecular weight excluding hydrogens is 318 g/mol. The predicted octanol–water partition coefficient (Wildman–Crippen LogP) is 2.83. The third-order valence-electron chi connectivity index (χ3n) is 4.49. The third kappa shape index (κ3) is 4.82. The summed E-state index contributed by atoms with van der Waals surface area (Å²) in [5, 5.41) is 2.88. The molecule has 1 aliphatic heterocycles. The van der Waals surface area contributed by atoms with E-state index < -0.39 is 0 Å². The lowest BCUT2D eigenvalue weighted by atomic mass is 10.1. The molecule has 0 aliphatic carbocycles. The monoisotopic (exact) mass is 343 g/mol. The number of hydrogen-bond acceptors (Lipinski definition) is 4. The lowest BCUT2D eigenvalue weighted by molar-refractivity contribution is -0.0177. The van der Waals surface area contributed by atoms with E-state index in [9.17, 15) is 4.79 Å². The standard InChI is InChI=1S/C19H25N3O3/c1-14-15(2)25-18(21-14)12-20-19(23)22-10-11-24-17(13-22)9-8-16-6-4-3-5-7-16/h3-7,17H,8-13H2,1-2H3,(H,20,23)/t17-/m0/s1. The molecule has 134 valence electrons. The molecule has 0 unspecified atom stereocenters. The van der Waals surface area contributed by atoms with Crippen molar-refractivity contribution < 1.29 is 13.9 Å². The van der Waals surface area contributed by atoms with E-state index in [2.05, 4.69) is 22.4 Å². The smallest absolute Gasteiger partial charge is 0.318 e. The number of nitrogens with zero attached hydrogens (tertiary/aromatic N) is 2. The van der Waals surface area contributed by atoms with Crippen molar-refractivity contribution in [1.29, 1.82) is 0 Å². The summed E-state index contributed by atoms with van der Waals surface area (Å²) in [6.07, 6.45) is 1.94. The highest BCUT2D eigenvalue weighted by atomic mass is 16.5. The number of morpholine rings is 1. The van der Waals surface area contributed by atoms with Gasteiger partial charge in [0.2, 0.25) is 5.89 Å². The second-order valence-electron chi connectivity index (χ2n) is 6.37. The molecule has 2 aromatic rings. The number of oxazole rings is 1. The molecule has 1 saturated heterocycles. The lowest BCUT2D eigenvalue weighted by Crippen LogP contribution is -2.49. The van der Waals surface area contributed by atoms with Crippen LogP contribution < -0.4 is 5.32 Å². The quantitative estimate of drug-likeness (QED) is 0.906. The highest BCUT2D eigenvalue weighted by molar-refractivity contribution is 5.74. The van der Waals surface area contributed by atoms with Gasteiger partial charge in [0, 0.05) is 13.1 Å². The van der Waals surface area contributed by atoms with Gasteiger partial charge in [-0.3, -0.25) is 0 Å². The summed E-state index contributed by atoms with van der Waals surface area (Å²) in [6, 6.07) is 10.2. The normalized spacial score (nSPS) is 17.5. The Labute approximate surface area is 148 Å². The molecule has 6 heteroatoms. The Balaban J connectivity index is 1.46. The lowest BCUT2D eigenvalue weighted by Gasteiger charge is -2.33. The van der Waals surface area contributed by atoms with Crippen molar-refractivity contribution in [2.75, 3.05) is 19.7 Å². The highest BCUT2D eigenvalue weighted by Crippen LogP contribution is 2.13. The number of ether oxygens (including phenoxy) is 1. The van der Waals surface area contributed by atoms with Crippen LogP contribution in [-0.2, 0) is 17.7 Å². The largest absolute Gasteiger partial charge is 0.444 e. The topological polar surface area (TPSA) is 67.6 Å². The van der Waals surface area contributed by atoms with Gasteiger partial charge in [0.05, 0.1) is 24.9 Å². The summed E-state index contributed by atoms with van der Waals surface area (Å²) in [4.78, 5) is 18.5. The molecule has 0 saturated carbocycles. The van der Waals surface area contributed by atoms with Crippen molar-refractivity contribution in [1.82, 2.24) is 15.2 Å². The number of aryl methyl sites for hydroxylation is 3. The summed E-state index contributed by atoms with van der Waals surface area (Å²) in [7, 11) is 0. The van der Waals surface area contributed by atoms with Crippen LogP contribution in [0.1, 0.15) is 29.3 Å². The maximum atomic E-state index is 12.4. The maximum absolute atomic E-state index is 12.4. The summed E-state index contributed by atoms with van der Waals surface area (Å²) >= 11 is 0. The zero-order valence-electron chi connectivity index (χ0n) is 14.8. The Hall–Kier alpha value is -2.34. The van der Waals surface area contributed by atoms with Gasteiger partial charge in [0.1, 0.15) is 5.76 Å². The molecule has 1 atom stereocenters. The van der Waals surface area contributed by atoms with E-state index in [4.69, 9.17) is 9.15 Å². The minimum Gasteiger partial charge on any atom is -0.444 e. The highest BCUT2D eigenvalue weighted by Gasteiger charge is 2.24. The van der Waals surface area contributed by atoms with E-state index in [1.165, 1.54) is 5.56 Å². The average molecular weight is 343 g/mol. The van der Waals surface area contributed by atoms with Gasteiger partial charge in [0.15, 0.2) is 0 Å². The van der Waals surface area contributed by atoms with Crippen molar-refractivity contribution in [3.63, 3.8) is 0 Å². The molecule has 6 nitrogen and oxygen atoms in total. The van der Waals surface area contributed by atoms with Crippen LogP contribution in [0.2, 0.25) is 0 Å². The summed E-state index contributed by atoms with van der Waals surface area (Å²) in [5.74, 6) is 1.33. The molecule has 1 aromatic carbocycles. The van der Waals surface area contributed by atoms with E-state index in [-0.39, 0.29) is 12.1 Å². The number of hydrogen-bond donors (Lipinski definition) is 1. The second kappa shape index (κ2) is 8.16. The Morgan fingerprint density at radius 2 is 2.12 bits per heavy atom. The van der Waals surface area contributed by atoms with Crippen LogP contribution in [0.3, 0.4) is 0 Å². The number of nitrogens with one attached hydrogen (secondary N) is 1. The first-order valence-corrected chi connectivity index (χ1v) is 8.73. The van der Waals surface area contributed by atoms with Crippen molar-refractivity contribution >= 4 is 6.03 Å². The predicted molar refractivity (Wildman–Crippen MR) is 94.3 cm³/mol. The first-order chi connectivity index (χ1) is 12.1. The van der Waals surface area contributed by atoms with Crippen LogP contribution in [0.15, 0.2) is 34.7 Å². The molecule has 2 heterocycles. The fourth-order valence-electron chi connectivity index (χ4n) is 2.93. The average Bonchev–Trinajstić information content (AvgIpc) is 2.97. The van der Waals surface area contributed by atoms with Crippen molar-refractivity contribution in [3.8, 4) is 0 Å². The van der Waals surface area contributed by atoms with Crippen LogP contribution in [0.25, 0.3) is 0 Å². The van der Waals surface area contributed by atoms with Crippen LogP contribution in [0, 0.1) is 13.8 Å². The zero-order valence-corrected chi connectivity index (χ0v) is 14.8. The first-order valence-electron chi connectivity index (χ1n) is 8.73. The van der Waals surface area contributed by atoms with Gasteiger partial charge in [0.25, 0.3) is 0 Å². The molecule has 0 radical (unpaired) electrons. The van der Waals surface area contributed by atoms with Crippen LogP contribution in [0.4, 0.5) is 4.79 Å². The number of carbonyl (C=O) groups is 1. The van der Waals surface area contributed by atoms with Gasteiger partial charge in [-0.15, -0.1) is 0 Å². The van der Waals surface area contributed by atoms with Gasteiger partial charge in [-0.05, 0) is 32.3 Å². The van der Waals surface area contributed by atoms with Gasteiger partial charge >= 0.3 is 6.03 Å². The molecule has 25 heavy (non-hydrogen) atoms. The molecular formula is C19H25N3O3. The van der Waals surface area contributed by atoms with Gasteiger partial charge < -0.3 is 19.4 Å². The number of aromatic nitrogens is 1. The molecule has 1 fully saturated rings. The van der Waals surface area contributed by atoms with Gasteiger partial charge in [-0.2, -0.15) is 0 Å². The van der Waals surface area contributed by atoms with E-state index in [1.54, 1.807) is 0 Å². The summed E-state index contributed by atoms with van der Waals surface area (Å²) < 4.78 is 11.3. The van der Waals surface area contributed by atoms with Gasteiger partial charge in [-0.25, -0.2) is 9.78 Å². The van der Waals surface area contributed by atoms with E-state index in [1.807, 2.05) is 36.9 Å². The molecule has 0 bridgehead atoms. The van der Waals surface area contributed by atoms with E-state index in [0.717, 1.165) is 24.3 Å². The Bertz CT molecular complexity index is 680. The van der Waals surface area contributed by atoms with Crippen molar-refractivity contribution in [2.24, 2.45) is 0 Å². The Morgan fingerprint density at radius 3 is 2.84 bits per heavy atom. The zero-order chi connectivity index (χ0) is 17.6. The van der Waals surface area contributed by atoms with Crippen molar-refractivity contribution in [2.45, 2.75) is 39.3 Å². The summed E-state index contributed by atoms with van der Waals surface area (Å²) in [6.45, 7) is 5.86. The number of urea groups is 1. The third-order valence-corrected chi connectivity index (χ3v) is 4.49. The maximum Gasteiger partial charge on any atom is 0.318 e. The fourth-order valence-corrected chi connectivity index (χ4v) is 2.93. The van der Waals surface area contributed by atoms with Crippen LogP contribution in [0.5, 0.6) is 0 Å². The fraction of sp³-hybridized carbons (Fsp3) is 0.474. The van der Waals surface area contributed by atoms with E-state index in [0.29, 0.717) is 32.1 Å². The van der Waals surface area contributed by atoms with Crippen LogP contribution in [-0.4, -0.2) is 41.7 Å². The molecule has 1 N–H and O–H groups in total. The van der Waals surface area contributed by atoms with Crippen LogP contribution >= 0.6 is 0 Å². The first kappa shape index (κ1) is 17.5. The molecule has 2 amide bonds. The Kier molecular flexibility index (Phi) is 5.71. The van der Waals surface area contributed by atoms with Gasteiger partial charge in [-0.1, -0.05) is 30.3 Å². The minimum atomic E-state index is -0.0958. The minimum absolute atomic E-state index is 0.0749. The number of rotatable bonds is 5. The SMILES string of the molecule is Cc1nc(CNC(=O)N2CCO[C@@H](CCc3ccccc3)C2)oc1C. The number of amides is 2. The van der Waals surface area contributed by atoms with Crippen molar-refractivity contribution in [3.05, 3.63) is 53.2 Å². The molecule has 1 aromatic heterocycles. The number of benzene rings is 1.